The molecule has 0 aliphatic heterocycles. The van der Waals surface area contributed by atoms with Crippen LogP contribution in [-0.4, -0.2) is 11.0 Å². The normalized spacial score (nSPS) is 14.8. The van der Waals surface area contributed by atoms with E-state index < -0.39 is 0 Å². The van der Waals surface area contributed by atoms with Crippen LogP contribution in [0, 0.1) is 13.8 Å². The molecule has 0 radical (unpaired) electrons. The van der Waals surface area contributed by atoms with Gasteiger partial charge in [0.15, 0.2) is 0 Å². The molecule has 0 saturated heterocycles. The van der Waals surface area contributed by atoms with Gasteiger partial charge in [0.25, 0.3) is 5.22 Å². The van der Waals surface area contributed by atoms with Crippen molar-refractivity contribution in [2.45, 2.75) is 49.4 Å². The third kappa shape index (κ3) is 3.39. The van der Waals surface area contributed by atoms with Crippen molar-refractivity contribution in [3.05, 3.63) is 41.3 Å². The van der Waals surface area contributed by atoms with Gasteiger partial charge < -0.3 is 9.73 Å². The van der Waals surface area contributed by atoms with Gasteiger partial charge in [-0.1, -0.05) is 6.07 Å². The van der Waals surface area contributed by atoms with Gasteiger partial charge in [0.2, 0.25) is 0 Å². The molecule has 1 heterocycles. The van der Waals surface area contributed by atoms with E-state index in [1.807, 2.05) is 6.92 Å². The number of nitrogens with one attached hydrogen (secondary N) is 1. The highest BCUT2D eigenvalue weighted by Crippen LogP contribution is 2.28. The first-order valence-electron chi connectivity index (χ1n) is 6.63. The van der Waals surface area contributed by atoms with E-state index in [2.05, 4.69) is 35.4 Å². The van der Waals surface area contributed by atoms with E-state index in [1.54, 1.807) is 18.0 Å². The van der Waals surface area contributed by atoms with Crippen molar-refractivity contribution < 1.29 is 4.42 Å². The molecule has 0 spiro atoms. The number of benzene rings is 1. The summed E-state index contributed by atoms with van der Waals surface area (Å²) in [6, 6.07) is 7.29. The third-order valence-electron chi connectivity index (χ3n) is 3.28. The molecular weight excluding hydrogens is 256 g/mol. The second-order valence-corrected chi connectivity index (χ2v) is 6.13. The minimum absolute atomic E-state index is 0.709. The minimum atomic E-state index is 0.709. The van der Waals surface area contributed by atoms with Gasteiger partial charge in [-0.05, 0) is 61.7 Å². The van der Waals surface area contributed by atoms with Gasteiger partial charge in [-0.25, -0.2) is 4.98 Å². The van der Waals surface area contributed by atoms with Gasteiger partial charge >= 0.3 is 0 Å². The van der Waals surface area contributed by atoms with Crippen molar-refractivity contribution in [1.29, 1.82) is 0 Å². The molecule has 1 saturated carbocycles. The van der Waals surface area contributed by atoms with Gasteiger partial charge in [-0.15, -0.1) is 0 Å². The lowest BCUT2D eigenvalue weighted by Crippen LogP contribution is -2.15. The van der Waals surface area contributed by atoms with E-state index in [1.165, 1.54) is 28.9 Å². The first-order valence-corrected chi connectivity index (χ1v) is 7.45. The van der Waals surface area contributed by atoms with Crippen molar-refractivity contribution >= 4 is 11.8 Å². The quantitative estimate of drug-likeness (QED) is 0.902. The molecule has 19 heavy (non-hydrogen) atoms. The molecule has 0 unspecified atom stereocenters. The number of oxazole rings is 1. The van der Waals surface area contributed by atoms with Crippen LogP contribution in [0.1, 0.15) is 29.7 Å². The van der Waals surface area contributed by atoms with Gasteiger partial charge in [-0.3, -0.25) is 0 Å². The summed E-state index contributed by atoms with van der Waals surface area (Å²) in [5.74, 6) is 0. The Morgan fingerprint density at radius 3 is 2.84 bits per heavy atom. The molecule has 4 heteroatoms. The van der Waals surface area contributed by atoms with E-state index in [9.17, 15) is 0 Å². The van der Waals surface area contributed by atoms with Crippen LogP contribution in [0.3, 0.4) is 0 Å². The third-order valence-corrected chi connectivity index (χ3v) is 4.13. The van der Waals surface area contributed by atoms with Gasteiger partial charge in [0, 0.05) is 17.5 Å². The average molecular weight is 274 g/mol. The molecule has 1 aromatic carbocycles. The fourth-order valence-corrected chi connectivity index (χ4v) is 2.81. The van der Waals surface area contributed by atoms with Crippen LogP contribution in [-0.2, 0) is 6.54 Å². The molecule has 0 amide bonds. The lowest BCUT2D eigenvalue weighted by molar-refractivity contribution is 0.454. The molecule has 1 N–H and O–H groups in total. The fourth-order valence-electron chi connectivity index (χ4n) is 1.95. The van der Waals surface area contributed by atoms with Crippen molar-refractivity contribution in [1.82, 2.24) is 10.3 Å². The average Bonchev–Trinajstić information content (AvgIpc) is 3.12. The molecule has 0 bridgehead atoms. The maximum atomic E-state index is 5.37. The Balaban J connectivity index is 1.67. The van der Waals surface area contributed by atoms with Crippen LogP contribution in [0.15, 0.2) is 39.0 Å². The van der Waals surface area contributed by atoms with Crippen molar-refractivity contribution in [2.24, 2.45) is 0 Å². The number of aromatic nitrogens is 1. The summed E-state index contributed by atoms with van der Waals surface area (Å²) in [4.78, 5) is 5.49. The Kier molecular flexibility index (Phi) is 3.62. The second-order valence-electron chi connectivity index (χ2n) is 5.10. The summed E-state index contributed by atoms with van der Waals surface area (Å²) in [6.07, 6.45) is 4.34. The zero-order valence-corrected chi connectivity index (χ0v) is 12.1. The number of aryl methyl sites for hydroxylation is 2. The van der Waals surface area contributed by atoms with Crippen molar-refractivity contribution in [3.8, 4) is 0 Å². The summed E-state index contributed by atoms with van der Waals surface area (Å²) in [5, 5.41) is 4.26. The number of hydrogen-bond acceptors (Lipinski definition) is 4. The van der Waals surface area contributed by atoms with Crippen LogP contribution in [0.4, 0.5) is 0 Å². The lowest BCUT2D eigenvalue weighted by atomic mass is 10.1. The fraction of sp³-hybridized carbons (Fsp3) is 0.400. The van der Waals surface area contributed by atoms with Crippen LogP contribution < -0.4 is 5.32 Å². The predicted molar refractivity (Wildman–Crippen MR) is 76.4 cm³/mol. The topological polar surface area (TPSA) is 38.1 Å². The largest absolute Gasteiger partial charge is 0.439 e. The Morgan fingerprint density at radius 1 is 1.37 bits per heavy atom. The highest BCUT2D eigenvalue weighted by Gasteiger charge is 2.20. The monoisotopic (exact) mass is 274 g/mol. The van der Waals surface area contributed by atoms with Gasteiger partial charge in [0.1, 0.15) is 6.26 Å². The molecule has 100 valence electrons. The summed E-state index contributed by atoms with van der Waals surface area (Å²) in [6.45, 7) is 5.07. The number of nitrogens with zero attached hydrogens (tertiary/aromatic N) is 1. The minimum Gasteiger partial charge on any atom is -0.439 e. The first-order chi connectivity index (χ1) is 9.20. The molecule has 3 rings (SSSR count). The highest BCUT2D eigenvalue weighted by molar-refractivity contribution is 7.99. The Hall–Kier alpha value is -1.26. The summed E-state index contributed by atoms with van der Waals surface area (Å²) in [5.41, 5.74) is 3.62. The summed E-state index contributed by atoms with van der Waals surface area (Å²) < 4.78 is 5.37. The smallest absolute Gasteiger partial charge is 0.260 e. The molecule has 0 atom stereocenters. The molecule has 3 nitrogen and oxygen atoms in total. The zero-order chi connectivity index (χ0) is 13.2. The Labute approximate surface area is 117 Å². The van der Waals surface area contributed by atoms with Gasteiger partial charge in [-0.2, -0.15) is 0 Å². The van der Waals surface area contributed by atoms with E-state index >= 15 is 0 Å². The summed E-state index contributed by atoms with van der Waals surface area (Å²) >= 11 is 1.57. The Bertz CT molecular complexity index is 575. The molecule has 1 aliphatic carbocycles. The maximum Gasteiger partial charge on any atom is 0.260 e. The number of rotatable bonds is 5. The van der Waals surface area contributed by atoms with E-state index in [0.29, 0.717) is 5.22 Å². The van der Waals surface area contributed by atoms with E-state index in [4.69, 9.17) is 4.42 Å². The van der Waals surface area contributed by atoms with E-state index in [-0.39, 0.29) is 0 Å². The molecule has 1 aliphatic rings. The molecule has 1 aromatic heterocycles. The Morgan fingerprint density at radius 2 is 2.21 bits per heavy atom. The van der Waals surface area contributed by atoms with Crippen LogP contribution >= 0.6 is 11.8 Å². The predicted octanol–water partition coefficient (Wildman–Crippen LogP) is 3.69. The molecule has 2 aromatic rings. The lowest BCUT2D eigenvalue weighted by Gasteiger charge is -2.08. The van der Waals surface area contributed by atoms with E-state index in [0.717, 1.165) is 18.3 Å². The van der Waals surface area contributed by atoms with Crippen LogP contribution in [0.5, 0.6) is 0 Å². The van der Waals surface area contributed by atoms with Gasteiger partial charge in [0.05, 0.1) is 5.69 Å². The second kappa shape index (κ2) is 5.39. The first kappa shape index (κ1) is 12.8. The molecular formula is C15H18N2OS. The highest BCUT2D eigenvalue weighted by atomic mass is 32.2. The van der Waals surface area contributed by atoms with Crippen LogP contribution in [0.25, 0.3) is 0 Å². The maximum absolute atomic E-state index is 5.37. The standard InChI is InChI=1S/C15H18N2OS/c1-10-7-14(19-15-17-11(2)9-18-15)6-3-12(10)8-16-13-4-5-13/h3,6-7,9,13,16H,4-5,8H2,1-2H3. The van der Waals surface area contributed by atoms with Crippen molar-refractivity contribution in [3.63, 3.8) is 0 Å². The molecule has 1 fully saturated rings. The van der Waals surface area contributed by atoms with Crippen molar-refractivity contribution in [2.75, 3.05) is 0 Å². The summed E-state index contributed by atoms with van der Waals surface area (Å²) in [7, 11) is 0. The SMILES string of the molecule is Cc1coc(Sc2ccc(CNC3CC3)c(C)c2)n1. The number of hydrogen-bond donors (Lipinski definition) is 1. The van der Waals surface area contributed by atoms with Crippen LogP contribution in [0.2, 0.25) is 0 Å². The zero-order valence-electron chi connectivity index (χ0n) is 11.3.